The highest BCUT2D eigenvalue weighted by Crippen LogP contribution is 2.24. The molecule has 2 heteroatoms. The standard InChI is InChI=1S/C9H16N2/c1-7(2)11-5-4-9(6-10)8(11)3/h7-9H,4-5H2,1-3H3/t8-,9+/m0/s1. The third-order valence-corrected chi connectivity index (χ3v) is 2.63. The van der Waals surface area contributed by atoms with Crippen molar-refractivity contribution in [2.45, 2.75) is 39.3 Å². The summed E-state index contributed by atoms with van der Waals surface area (Å²) in [6, 6.07) is 3.40. The Hall–Kier alpha value is -0.550. The molecule has 2 nitrogen and oxygen atoms in total. The van der Waals surface area contributed by atoms with E-state index in [-0.39, 0.29) is 5.92 Å². The predicted octanol–water partition coefficient (Wildman–Crippen LogP) is 1.63. The molecule has 0 aromatic rings. The average molecular weight is 152 g/mol. The van der Waals surface area contributed by atoms with E-state index in [0.29, 0.717) is 12.1 Å². The predicted molar refractivity (Wildman–Crippen MR) is 45.0 cm³/mol. The molecule has 0 aliphatic carbocycles. The number of hydrogen-bond acceptors (Lipinski definition) is 2. The Morgan fingerprint density at radius 3 is 2.45 bits per heavy atom. The van der Waals surface area contributed by atoms with Crippen LogP contribution >= 0.6 is 0 Å². The van der Waals surface area contributed by atoms with Crippen LogP contribution in [0.15, 0.2) is 0 Å². The Morgan fingerprint density at radius 2 is 2.18 bits per heavy atom. The van der Waals surface area contributed by atoms with Gasteiger partial charge in [0.2, 0.25) is 0 Å². The van der Waals surface area contributed by atoms with Crippen LogP contribution in [0.1, 0.15) is 27.2 Å². The van der Waals surface area contributed by atoms with Gasteiger partial charge in [0.15, 0.2) is 0 Å². The molecule has 0 radical (unpaired) electrons. The summed E-state index contributed by atoms with van der Waals surface area (Å²) in [7, 11) is 0. The van der Waals surface area contributed by atoms with Crippen LogP contribution in [0, 0.1) is 17.2 Å². The van der Waals surface area contributed by atoms with Crippen molar-refractivity contribution in [3.05, 3.63) is 0 Å². The first kappa shape index (κ1) is 8.55. The molecule has 0 spiro atoms. The number of hydrogen-bond donors (Lipinski definition) is 0. The summed E-state index contributed by atoms with van der Waals surface area (Å²) in [6.45, 7) is 7.63. The first-order chi connectivity index (χ1) is 5.16. The summed E-state index contributed by atoms with van der Waals surface area (Å²) in [4.78, 5) is 2.40. The summed E-state index contributed by atoms with van der Waals surface area (Å²) >= 11 is 0. The zero-order chi connectivity index (χ0) is 8.43. The van der Waals surface area contributed by atoms with Gasteiger partial charge in [0.25, 0.3) is 0 Å². The van der Waals surface area contributed by atoms with Gasteiger partial charge in [-0.15, -0.1) is 0 Å². The van der Waals surface area contributed by atoms with Gasteiger partial charge in [-0.25, -0.2) is 0 Å². The largest absolute Gasteiger partial charge is 0.297 e. The molecule has 1 saturated heterocycles. The highest BCUT2D eigenvalue weighted by atomic mass is 15.2. The number of likely N-dealkylation sites (tertiary alicyclic amines) is 1. The van der Waals surface area contributed by atoms with E-state index in [4.69, 9.17) is 5.26 Å². The van der Waals surface area contributed by atoms with E-state index in [0.717, 1.165) is 13.0 Å². The van der Waals surface area contributed by atoms with Crippen LogP contribution in [0.3, 0.4) is 0 Å². The van der Waals surface area contributed by atoms with Crippen LogP contribution in [0.5, 0.6) is 0 Å². The third kappa shape index (κ3) is 1.54. The van der Waals surface area contributed by atoms with Crippen molar-refractivity contribution in [3.63, 3.8) is 0 Å². The topological polar surface area (TPSA) is 27.0 Å². The lowest BCUT2D eigenvalue weighted by Gasteiger charge is -2.25. The van der Waals surface area contributed by atoms with Crippen LogP contribution in [-0.4, -0.2) is 23.5 Å². The highest BCUT2D eigenvalue weighted by Gasteiger charge is 2.31. The van der Waals surface area contributed by atoms with Gasteiger partial charge in [-0.05, 0) is 27.2 Å². The Labute approximate surface area is 68.8 Å². The quantitative estimate of drug-likeness (QED) is 0.571. The lowest BCUT2D eigenvalue weighted by molar-refractivity contribution is 0.206. The molecule has 0 aromatic carbocycles. The second-order valence-corrected chi connectivity index (χ2v) is 3.60. The molecule has 1 aliphatic heterocycles. The zero-order valence-electron chi connectivity index (χ0n) is 7.54. The fraction of sp³-hybridized carbons (Fsp3) is 0.889. The van der Waals surface area contributed by atoms with Gasteiger partial charge in [-0.3, -0.25) is 4.90 Å². The second-order valence-electron chi connectivity index (χ2n) is 3.60. The number of nitriles is 1. The molecule has 0 aromatic heterocycles. The minimum atomic E-state index is 0.261. The Bertz CT molecular complexity index is 169. The van der Waals surface area contributed by atoms with Gasteiger partial charge in [-0.2, -0.15) is 5.26 Å². The molecular weight excluding hydrogens is 136 g/mol. The lowest BCUT2D eigenvalue weighted by Crippen LogP contribution is -2.35. The molecule has 1 aliphatic rings. The minimum Gasteiger partial charge on any atom is -0.297 e. The maximum Gasteiger partial charge on any atom is 0.0672 e. The van der Waals surface area contributed by atoms with Gasteiger partial charge < -0.3 is 0 Å². The molecule has 62 valence electrons. The van der Waals surface area contributed by atoms with E-state index in [1.54, 1.807) is 0 Å². The van der Waals surface area contributed by atoms with E-state index in [9.17, 15) is 0 Å². The van der Waals surface area contributed by atoms with Crippen molar-refractivity contribution in [3.8, 4) is 6.07 Å². The second kappa shape index (κ2) is 3.23. The fourth-order valence-electron chi connectivity index (χ4n) is 1.87. The van der Waals surface area contributed by atoms with Crippen molar-refractivity contribution in [2.24, 2.45) is 5.92 Å². The first-order valence-electron chi connectivity index (χ1n) is 4.32. The first-order valence-corrected chi connectivity index (χ1v) is 4.32. The van der Waals surface area contributed by atoms with Crippen LogP contribution in [0.4, 0.5) is 0 Å². The van der Waals surface area contributed by atoms with Crippen LogP contribution in [0.25, 0.3) is 0 Å². The molecule has 0 bridgehead atoms. The van der Waals surface area contributed by atoms with Gasteiger partial charge in [0, 0.05) is 18.6 Å². The maximum absolute atomic E-state index is 8.76. The molecule has 0 saturated carbocycles. The summed E-state index contributed by atoms with van der Waals surface area (Å²) in [5.41, 5.74) is 0. The molecular formula is C9H16N2. The van der Waals surface area contributed by atoms with E-state index < -0.39 is 0 Å². The molecule has 2 atom stereocenters. The van der Waals surface area contributed by atoms with Crippen LogP contribution < -0.4 is 0 Å². The van der Waals surface area contributed by atoms with E-state index in [1.165, 1.54) is 0 Å². The van der Waals surface area contributed by atoms with Crippen molar-refractivity contribution in [1.82, 2.24) is 4.90 Å². The van der Waals surface area contributed by atoms with Crippen molar-refractivity contribution >= 4 is 0 Å². The normalized spacial score (nSPS) is 32.6. The molecule has 0 amide bonds. The number of rotatable bonds is 1. The molecule has 0 unspecified atom stereocenters. The highest BCUT2D eigenvalue weighted by molar-refractivity contribution is 4.97. The van der Waals surface area contributed by atoms with E-state index in [1.807, 2.05) is 0 Å². The smallest absolute Gasteiger partial charge is 0.0672 e. The van der Waals surface area contributed by atoms with Gasteiger partial charge in [-0.1, -0.05) is 0 Å². The van der Waals surface area contributed by atoms with Crippen molar-refractivity contribution in [2.75, 3.05) is 6.54 Å². The van der Waals surface area contributed by atoms with Gasteiger partial charge >= 0.3 is 0 Å². The molecule has 1 rings (SSSR count). The van der Waals surface area contributed by atoms with Gasteiger partial charge in [0.05, 0.1) is 12.0 Å². The lowest BCUT2D eigenvalue weighted by atomic mass is 10.0. The zero-order valence-corrected chi connectivity index (χ0v) is 7.54. The van der Waals surface area contributed by atoms with Crippen molar-refractivity contribution in [1.29, 1.82) is 5.26 Å². The fourth-order valence-corrected chi connectivity index (χ4v) is 1.87. The van der Waals surface area contributed by atoms with Crippen LogP contribution in [-0.2, 0) is 0 Å². The Kier molecular flexibility index (Phi) is 2.51. The van der Waals surface area contributed by atoms with Crippen molar-refractivity contribution < 1.29 is 0 Å². The summed E-state index contributed by atoms with van der Waals surface area (Å²) < 4.78 is 0. The average Bonchev–Trinajstić information content (AvgIpc) is 2.30. The molecule has 0 N–H and O–H groups in total. The number of nitrogens with zero attached hydrogens (tertiary/aromatic N) is 2. The Morgan fingerprint density at radius 1 is 1.55 bits per heavy atom. The van der Waals surface area contributed by atoms with E-state index in [2.05, 4.69) is 31.7 Å². The van der Waals surface area contributed by atoms with Crippen LogP contribution in [0.2, 0.25) is 0 Å². The SMILES string of the molecule is CC(C)N1CC[C@H](C#N)[C@@H]1C. The summed E-state index contributed by atoms with van der Waals surface area (Å²) in [5, 5.41) is 8.76. The minimum absolute atomic E-state index is 0.261. The molecule has 1 fully saturated rings. The molecule has 11 heavy (non-hydrogen) atoms. The van der Waals surface area contributed by atoms with Gasteiger partial charge in [0.1, 0.15) is 0 Å². The Balaban J connectivity index is 2.57. The summed E-state index contributed by atoms with van der Waals surface area (Å²) in [6.07, 6.45) is 1.05. The summed E-state index contributed by atoms with van der Waals surface area (Å²) in [5.74, 6) is 0.261. The monoisotopic (exact) mass is 152 g/mol. The third-order valence-electron chi connectivity index (χ3n) is 2.63. The molecule has 1 heterocycles. The maximum atomic E-state index is 8.76. The van der Waals surface area contributed by atoms with E-state index >= 15 is 0 Å².